The molecule has 4 atom stereocenters. The summed E-state index contributed by atoms with van der Waals surface area (Å²) in [4.78, 5) is 71.4. The van der Waals surface area contributed by atoms with E-state index in [0.717, 1.165) is 44.1 Å². The van der Waals surface area contributed by atoms with Crippen LogP contribution in [0.5, 0.6) is 0 Å². The molecule has 0 aromatic heterocycles. The highest BCUT2D eigenvalue weighted by atomic mass is 16.5. The number of ketones is 1. The maximum Gasteiger partial charge on any atom is 0.306 e. The third-order valence-electron chi connectivity index (χ3n) is 10.2. The monoisotopic (exact) mass is 619 g/mol. The minimum absolute atomic E-state index is 0.0285. The Balaban J connectivity index is 1.35. The maximum absolute atomic E-state index is 14.4. The van der Waals surface area contributed by atoms with Crippen LogP contribution in [0.2, 0.25) is 0 Å². The van der Waals surface area contributed by atoms with Gasteiger partial charge in [0.15, 0.2) is 5.78 Å². The highest BCUT2D eigenvalue weighted by Gasteiger charge is 2.60. The standard InChI is InChI=1S/C36H49N3O6/c1-5-26-19-36(26,34(44)37-21-25-15-16-25)20-30(40)29-22-38(31(41)17-24-11-7-6-8-12-24)23-39(29)33(43)28(35(2,3)4)18-32(42)45-27-13-9-10-14-27/h5-8,11-12,25-29H,1,9-10,13-23H2,2-4H3,(H,37,44)/t26-,28-,29+,36-/m1/s1. The summed E-state index contributed by atoms with van der Waals surface area (Å²) in [6.45, 7) is 10.2. The van der Waals surface area contributed by atoms with Crippen molar-refractivity contribution in [3.05, 3.63) is 48.6 Å². The van der Waals surface area contributed by atoms with Crippen molar-refractivity contribution in [3.8, 4) is 0 Å². The minimum atomic E-state index is -0.910. The minimum Gasteiger partial charge on any atom is -0.462 e. The molecule has 1 heterocycles. The Kier molecular flexibility index (Phi) is 9.85. The van der Waals surface area contributed by atoms with Gasteiger partial charge < -0.3 is 19.9 Å². The number of amides is 3. The van der Waals surface area contributed by atoms with Gasteiger partial charge in [-0.05, 0) is 67.8 Å². The molecular weight excluding hydrogens is 570 g/mol. The summed E-state index contributed by atoms with van der Waals surface area (Å²) < 4.78 is 5.72. The van der Waals surface area contributed by atoms with Crippen LogP contribution in [0.15, 0.2) is 43.0 Å². The van der Waals surface area contributed by atoms with Crippen molar-refractivity contribution in [1.82, 2.24) is 15.1 Å². The van der Waals surface area contributed by atoms with Crippen LogP contribution >= 0.6 is 0 Å². The highest BCUT2D eigenvalue weighted by Crippen LogP contribution is 2.56. The summed E-state index contributed by atoms with van der Waals surface area (Å²) in [5, 5.41) is 3.05. The molecule has 9 heteroatoms. The highest BCUT2D eigenvalue weighted by molar-refractivity contribution is 5.98. The fraction of sp³-hybridized carbons (Fsp3) is 0.639. The number of hydrogen-bond acceptors (Lipinski definition) is 6. The molecule has 0 unspecified atom stereocenters. The summed E-state index contributed by atoms with van der Waals surface area (Å²) >= 11 is 0. The summed E-state index contributed by atoms with van der Waals surface area (Å²) in [6, 6.07) is 8.45. The zero-order chi connectivity index (χ0) is 32.4. The van der Waals surface area contributed by atoms with Crippen LogP contribution in [0.4, 0.5) is 0 Å². The Bertz CT molecular complexity index is 1300. The Hall–Kier alpha value is -3.49. The topological polar surface area (TPSA) is 113 Å². The van der Waals surface area contributed by atoms with Gasteiger partial charge >= 0.3 is 5.97 Å². The molecule has 1 aromatic carbocycles. The Labute approximate surface area is 267 Å². The summed E-state index contributed by atoms with van der Waals surface area (Å²) in [6.07, 6.45) is 8.11. The van der Waals surface area contributed by atoms with E-state index >= 15 is 0 Å². The number of carbonyl (C=O) groups excluding carboxylic acids is 5. The number of hydrogen-bond donors (Lipinski definition) is 1. The van der Waals surface area contributed by atoms with E-state index in [0.29, 0.717) is 18.9 Å². The first-order valence-corrected chi connectivity index (χ1v) is 16.7. The first kappa shape index (κ1) is 32.9. The predicted molar refractivity (Wildman–Crippen MR) is 169 cm³/mol. The van der Waals surface area contributed by atoms with Crippen molar-refractivity contribution in [2.24, 2.45) is 28.6 Å². The third kappa shape index (κ3) is 7.85. The Morgan fingerprint density at radius 2 is 1.76 bits per heavy atom. The molecule has 5 rings (SSSR count). The Morgan fingerprint density at radius 1 is 1.07 bits per heavy atom. The number of benzene rings is 1. The van der Waals surface area contributed by atoms with Gasteiger partial charge in [0.25, 0.3) is 0 Å². The summed E-state index contributed by atoms with van der Waals surface area (Å²) in [5.74, 6) is -1.68. The molecule has 4 fully saturated rings. The molecular formula is C36H49N3O6. The van der Waals surface area contributed by atoms with Crippen molar-refractivity contribution in [1.29, 1.82) is 0 Å². The fourth-order valence-corrected chi connectivity index (χ4v) is 6.93. The quantitative estimate of drug-likeness (QED) is 0.258. The summed E-state index contributed by atoms with van der Waals surface area (Å²) in [7, 11) is 0. The number of Topliss-reactive ketones (excluding diaryl/α,β-unsaturated/α-hetero) is 1. The summed E-state index contributed by atoms with van der Waals surface area (Å²) in [5.41, 5.74) is -0.636. The van der Waals surface area contributed by atoms with E-state index in [-0.39, 0.29) is 68.0 Å². The van der Waals surface area contributed by atoms with Gasteiger partial charge in [0, 0.05) is 13.0 Å². The van der Waals surface area contributed by atoms with Crippen molar-refractivity contribution >= 4 is 29.5 Å². The number of carbonyl (C=O) groups is 5. The molecule has 1 saturated heterocycles. The van der Waals surface area contributed by atoms with Crippen LogP contribution in [-0.2, 0) is 35.1 Å². The molecule has 4 aliphatic rings. The predicted octanol–water partition coefficient (Wildman–Crippen LogP) is 4.44. The lowest BCUT2D eigenvalue weighted by atomic mass is 9.77. The van der Waals surface area contributed by atoms with E-state index in [1.807, 2.05) is 51.1 Å². The van der Waals surface area contributed by atoms with Crippen molar-refractivity contribution < 1.29 is 28.7 Å². The molecule has 0 bridgehead atoms. The van der Waals surface area contributed by atoms with E-state index in [4.69, 9.17) is 4.74 Å². The van der Waals surface area contributed by atoms with Crippen LogP contribution in [0, 0.1) is 28.6 Å². The van der Waals surface area contributed by atoms with Crippen LogP contribution in [0.1, 0.15) is 84.1 Å². The number of allylic oxidation sites excluding steroid dienone is 1. The molecule has 0 radical (unpaired) electrons. The van der Waals surface area contributed by atoms with Crippen LogP contribution < -0.4 is 5.32 Å². The van der Waals surface area contributed by atoms with Crippen LogP contribution in [0.25, 0.3) is 0 Å². The molecule has 3 saturated carbocycles. The second-order valence-electron chi connectivity index (χ2n) is 14.8. The van der Waals surface area contributed by atoms with Crippen molar-refractivity contribution in [2.45, 2.75) is 97.1 Å². The lowest BCUT2D eigenvalue weighted by Crippen LogP contribution is -2.49. The van der Waals surface area contributed by atoms with Gasteiger partial charge in [-0.2, -0.15) is 0 Å². The lowest BCUT2D eigenvalue weighted by molar-refractivity contribution is -0.156. The SMILES string of the molecule is C=C[C@@H]1C[C@]1(CC(=O)[C@@H]1CN(C(=O)Cc2ccccc2)CN1C(=O)[C@@H](CC(=O)OC1CCCC1)C(C)(C)C)C(=O)NCC1CC1. The largest absolute Gasteiger partial charge is 0.462 e. The van der Waals surface area contributed by atoms with Gasteiger partial charge in [-0.3, -0.25) is 24.0 Å². The first-order valence-electron chi connectivity index (χ1n) is 16.7. The van der Waals surface area contributed by atoms with E-state index in [1.54, 1.807) is 11.0 Å². The number of esters is 1. The third-order valence-corrected chi connectivity index (χ3v) is 10.2. The van der Waals surface area contributed by atoms with Crippen LogP contribution in [-0.4, -0.2) is 71.2 Å². The van der Waals surface area contributed by atoms with Gasteiger partial charge in [-0.25, -0.2) is 0 Å². The van der Waals surface area contributed by atoms with E-state index < -0.39 is 28.8 Å². The molecule has 244 valence electrons. The molecule has 1 aliphatic heterocycles. The number of ether oxygens (including phenoxy) is 1. The first-order chi connectivity index (χ1) is 21.4. The average Bonchev–Trinajstić information content (AvgIpc) is 3.84. The fourth-order valence-electron chi connectivity index (χ4n) is 6.93. The van der Waals surface area contributed by atoms with Gasteiger partial charge in [0.05, 0.1) is 37.4 Å². The second-order valence-corrected chi connectivity index (χ2v) is 14.8. The van der Waals surface area contributed by atoms with Gasteiger partial charge in [0.2, 0.25) is 17.7 Å². The van der Waals surface area contributed by atoms with Gasteiger partial charge in [0.1, 0.15) is 12.1 Å². The maximum atomic E-state index is 14.4. The second kappa shape index (κ2) is 13.5. The molecule has 0 spiro atoms. The molecule has 3 aliphatic carbocycles. The van der Waals surface area contributed by atoms with E-state index in [2.05, 4.69) is 11.9 Å². The zero-order valence-electron chi connectivity index (χ0n) is 27.1. The van der Waals surface area contributed by atoms with E-state index in [9.17, 15) is 24.0 Å². The molecule has 9 nitrogen and oxygen atoms in total. The number of nitrogens with one attached hydrogen (secondary N) is 1. The van der Waals surface area contributed by atoms with E-state index in [1.165, 1.54) is 4.90 Å². The zero-order valence-corrected chi connectivity index (χ0v) is 27.1. The molecule has 1 N–H and O–H groups in total. The molecule has 45 heavy (non-hydrogen) atoms. The molecule has 1 aromatic rings. The van der Waals surface area contributed by atoms with Crippen LogP contribution in [0.3, 0.4) is 0 Å². The van der Waals surface area contributed by atoms with Crippen molar-refractivity contribution in [3.63, 3.8) is 0 Å². The molecule has 3 amide bonds. The normalized spacial score (nSPS) is 25.5. The number of nitrogens with zero attached hydrogens (tertiary/aromatic N) is 2. The van der Waals surface area contributed by atoms with Crippen molar-refractivity contribution in [2.75, 3.05) is 19.8 Å². The smallest absolute Gasteiger partial charge is 0.306 e. The number of rotatable bonds is 13. The van der Waals surface area contributed by atoms with Gasteiger partial charge in [-0.15, -0.1) is 6.58 Å². The Morgan fingerprint density at radius 3 is 2.36 bits per heavy atom. The van der Waals surface area contributed by atoms with Gasteiger partial charge in [-0.1, -0.05) is 57.2 Å². The lowest BCUT2D eigenvalue weighted by Gasteiger charge is -2.34. The average molecular weight is 620 g/mol.